The zero-order valence-electron chi connectivity index (χ0n) is 12.9. The van der Waals surface area contributed by atoms with E-state index in [-0.39, 0.29) is 5.91 Å². The molecule has 22 heavy (non-hydrogen) atoms. The average Bonchev–Trinajstić information content (AvgIpc) is 2.91. The highest BCUT2D eigenvalue weighted by Crippen LogP contribution is 2.18. The minimum absolute atomic E-state index is 0.175. The van der Waals surface area contributed by atoms with Gasteiger partial charge in [0.05, 0.1) is 9.49 Å². The Labute approximate surface area is 151 Å². The first-order valence-electron chi connectivity index (χ1n) is 7.49. The Bertz CT molecular complexity index is 463. The Balaban J connectivity index is 2.05. The molecule has 0 aliphatic heterocycles. The fourth-order valence-electron chi connectivity index (χ4n) is 2.01. The van der Waals surface area contributed by atoms with Crippen molar-refractivity contribution < 1.29 is 9.53 Å². The Hall–Kier alpha value is -0.660. The molecule has 1 rings (SSSR count). The van der Waals surface area contributed by atoms with Crippen molar-refractivity contribution in [1.82, 2.24) is 4.90 Å². The molecule has 1 heterocycles. The summed E-state index contributed by atoms with van der Waals surface area (Å²) in [6.07, 6.45) is 7.01. The van der Waals surface area contributed by atoms with E-state index in [1.165, 1.54) is 7.76 Å². The maximum Gasteiger partial charge on any atom is 0.223 e. The number of hydrogen-bond acceptors (Lipinski definition) is 3. The van der Waals surface area contributed by atoms with Gasteiger partial charge in [0.15, 0.2) is 0 Å². The van der Waals surface area contributed by atoms with Gasteiger partial charge in [-0.1, -0.05) is 18.6 Å². The van der Waals surface area contributed by atoms with Gasteiger partial charge in [-0.3, -0.25) is 4.79 Å². The first-order chi connectivity index (χ1) is 10.7. The molecule has 1 aromatic rings. The third kappa shape index (κ3) is 8.10. The summed E-state index contributed by atoms with van der Waals surface area (Å²) >= 11 is 4.09. The maximum atomic E-state index is 12.0. The molecule has 122 valence electrons. The lowest BCUT2D eigenvalue weighted by Crippen LogP contribution is -2.31. The molecule has 0 atom stereocenters. The molecule has 5 heteroatoms. The fraction of sp³-hybridized carbons (Fsp3) is 0.471. The smallest absolute Gasteiger partial charge is 0.223 e. The van der Waals surface area contributed by atoms with Gasteiger partial charge in [-0.05, 0) is 47.6 Å². The average molecular weight is 433 g/mol. The molecule has 0 saturated heterocycles. The number of halogens is 1. The highest BCUT2D eigenvalue weighted by molar-refractivity contribution is 14.1. The van der Waals surface area contributed by atoms with Crippen molar-refractivity contribution in [2.75, 3.05) is 19.7 Å². The van der Waals surface area contributed by atoms with Gasteiger partial charge in [0, 0.05) is 31.0 Å². The molecule has 1 aromatic heterocycles. The second-order valence-corrected chi connectivity index (χ2v) is 8.01. The van der Waals surface area contributed by atoms with Crippen LogP contribution in [0.2, 0.25) is 0 Å². The Morgan fingerprint density at radius 2 is 1.95 bits per heavy atom. The highest BCUT2D eigenvalue weighted by Gasteiger charge is 2.09. The number of hydrogen-bond donors (Lipinski definition) is 0. The number of carbonyl (C=O) groups is 1. The molecule has 0 N–H and O–H groups in total. The van der Waals surface area contributed by atoms with Crippen molar-refractivity contribution in [1.29, 1.82) is 0 Å². The van der Waals surface area contributed by atoms with Gasteiger partial charge in [-0.15, -0.1) is 24.5 Å². The van der Waals surface area contributed by atoms with Crippen molar-refractivity contribution in [2.45, 2.75) is 32.3 Å². The van der Waals surface area contributed by atoms with E-state index in [1.54, 1.807) is 28.4 Å². The molecule has 0 radical (unpaired) electrons. The van der Waals surface area contributed by atoms with Crippen LogP contribution >= 0.6 is 33.9 Å². The molecule has 0 aliphatic carbocycles. The minimum atomic E-state index is 0.175. The molecule has 0 saturated carbocycles. The fourth-order valence-corrected chi connectivity index (χ4v) is 3.70. The first-order valence-corrected chi connectivity index (χ1v) is 9.38. The number of rotatable bonds is 12. The molecule has 0 fully saturated rings. The first kappa shape index (κ1) is 19.4. The lowest BCUT2D eigenvalue weighted by molar-refractivity contribution is -0.130. The minimum Gasteiger partial charge on any atom is -0.376 e. The lowest BCUT2D eigenvalue weighted by atomic mass is 10.2. The summed E-state index contributed by atoms with van der Waals surface area (Å²) in [5.41, 5.74) is 0. The maximum absolute atomic E-state index is 12.0. The van der Waals surface area contributed by atoms with Crippen molar-refractivity contribution >= 4 is 39.8 Å². The normalized spacial score (nSPS) is 10.4. The second kappa shape index (κ2) is 11.8. The lowest BCUT2D eigenvalue weighted by Gasteiger charge is -2.19. The number of nitrogens with zero attached hydrogens (tertiary/aromatic N) is 1. The SMILES string of the molecule is C=CCN(CC=C)C(=O)CCCCCOCc1ccc(I)s1. The standard InChI is InChI=1S/C17H24INO2S/c1-3-11-19(12-4-2)17(20)8-6-5-7-13-21-14-15-9-10-16(18)22-15/h3-4,9-10H,1-2,5-8,11-14H2. The van der Waals surface area contributed by atoms with Gasteiger partial charge >= 0.3 is 0 Å². The molecular formula is C17H24INO2S. The number of thiophene rings is 1. The summed E-state index contributed by atoms with van der Waals surface area (Å²) in [4.78, 5) is 15.0. The molecule has 0 aromatic carbocycles. The molecule has 0 unspecified atom stereocenters. The molecule has 3 nitrogen and oxygen atoms in total. The summed E-state index contributed by atoms with van der Waals surface area (Å²) in [6, 6.07) is 4.21. The Morgan fingerprint density at radius 3 is 2.55 bits per heavy atom. The summed E-state index contributed by atoms with van der Waals surface area (Å²) in [7, 11) is 0. The van der Waals surface area contributed by atoms with Crippen LogP contribution in [0.15, 0.2) is 37.4 Å². The number of ether oxygens (including phenoxy) is 1. The number of amides is 1. The van der Waals surface area contributed by atoms with Gasteiger partial charge in [-0.25, -0.2) is 0 Å². The van der Waals surface area contributed by atoms with Gasteiger partial charge < -0.3 is 9.64 Å². The third-order valence-corrected chi connectivity index (χ3v) is 4.97. The van der Waals surface area contributed by atoms with Crippen LogP contribution < -0.4 is 0 Å². The van der Waals surface area contributed by atoms with Gasteiger partial charge in [-0.2, -0.15) is 0 Å². The second-order valence-electron chi connectivity index (χ2n) is 4.95. The summed E-state index contributed by atoms with van der Waals surface area (Å²) < 4.78 is 6.94. The van der Waals surface area contributed by atoms with E-state index in [2.05, 4.69) is 47.9 Å². The predicted octanol–water partition coefficient (Wildman–Crippen LogP) is 4.63. The van der Waals surface area contributed by atoms with Crippen molar-refractivity contribution in [3.63, 3.8) is 0 Å². The quantitative estimate of drug-likeness (QED) is 0.273. The zero-order valence-corrected chi connectivity index (χ0v) is 15.9. The highest BCUT2D eigenvalue weighted by atomic mass is 127. The molecule has 1 amide bonds. The van der Waals surface area contributed by atoms with E-state index in [0.29, 0.717) is 26.1 Å². The van der Waals surface area contributed by atoms with Crippen molar-refractivity contribution in [3.05, 3.63) is 45.2 Å². The van der Waals surface area contributed by atoms with Gasteiger partial charge in [0.2, 0.25) is 5.91 Å². The van der Waals surface area contributed by atoms with Gasteiger partial charge in [0.1, 0.15) is 0 Å². The molecule has 0 aliphatic rings. The molecule has 0 spiro atoms. The van der Waals surface area contributed by atoms with E-state index in [0.717, 1.165) is 25.9 Å². The van der Waals surface area contributed by atoms with Crippen molar-refractivity contribution in [3.8, 4) is 0 Å². The van der Waals surface area contributed by atoms with E-state index >= 15 is 0 Å². The number of unbranched alkanes of at least 4 members (excludes halogenated alkanes) is 2. The van der Waals surface area contributed by atoms with Crippen LogP contribution in [0.4, 0.5) is 0 Å². The van der Waals surface area contributed by atoms with Crippen LogP contribution in [-0.2, 0) is 16.1 Å². The summed E-state index contributed by atoms with van der Waals surface area (Å²) in [5.74, 6) is 0.175. The molecular weight excluding hydrogens is 409 g/mol. The van der Waals surface area contributed by atoms with Crippen molar-refractivity contribution in [2.24, 2.45) is 0 Å². The summed E-state index contributed by atoms with van der Waals surface area (Å²) in [6.45, 7) is 9.99. The largest absolute Gasteiger partial charge is 0.376 e. The third-order valence-electron chi connectivity index (χ3n) is 3.10. The van der Waals surface area contributed by atoms with E-state index in [1.807, 2.05) is 0 Å². The van der Waals surface area contributed by atoms with E-state index in [4.69, 9.17) is 4.74 Å². The Kier molecular flexibility index (Phi) is 10.4. The number of carbonyl (C=O) groups excluding carboxylic acids is 1. The molecule has 0 bridgehead atoms. The van der Waals surface area contributed by atoms with Gasteiger partial charge in [0.25, 0.3) is 0 Å². The van der Waals surface area contributed by atoms with Crippen LogP contribution in [0, 0.1) is 2.88 Å². The Morgan fingerprint density at radius 1 is 1.23 bits per heavy atom. The predicted molar refractivity (Wildman–Crippen MR) is 102 cm³/mol. The van der Waals surface area contributed by atoms with Crippen LogP contribution in [0.1, 0.15) is 30.6 Å². The van der Waals surface area contributed by atoms with Crippen LogP contribution in [0.5, 0.6) is 0 Å². The van der Waals surface area contributed by atoms with Crippen LogP contribution in [0.3, 0.4) is 0 Å². The topological polar surface area (TPSA) is 29.5 Å². The van der Waals surface area contributed by atoms with Crippen LogP contribution in [0.25, 0.3) is 0 Å². The monoisotopic (exact) mass is 433 g/mol. The van der Waals surface area contributed by atoms with E-state index < -0.39 is 0 Å². The summed E-state index contributed by atoms with van der Waals surface area (Å²) in [5, 5.41) is 0. The van der Waals surface area contributed by atoms with E-state index in [9.17, 15) is 4.79 Å². The van der Waals surface area contributed by atoms with Crippen LogP contribution in [-0.4, -0.2) is 30.5 Å². The zero-order chi connectivity index (χ0) is 16.2.